The molecule has 2 bridgehead atoms. The Balaban J connectivity index is 1.96. The van der Waals surface area contributed by atoms with Crippen LogP contribution in [0.4, 0.5) is 4.79 Å². The zero-order valence-corrected chi connectivity index (χ0v) is 16.4. The Morgan fingerprint density at radius 1 is 1.20 bits per heavy atom. The highest BCUT2D eigenvalue weighted by Crippen LogP contribution is 2.41. The summed E-state index contributed by atoms with van der Waals surface area (Å²) < 4.78 is 5.60. The highest BCUT2D eigenvalue weighted by atomic mass is 16.6. The number of ether oxygens (including phenoxy) is 1. The molecule has 0 aromatic heterocycles. The van der Waals surface area contributed by atoms with E-state index in [0.717, 1.165) is 32.1 Å². The minimum Gasteiger partial charge on any atom is -0.444 e. The largest absolute Gasteiger partial charge is 0.444 e. The number of piperidine rings is 2. The number of nitrogens with zero attached hydrogens (tertiary/aromatic N) is 1. The molecule has 0 saturated carbocycles. The van der Waals surface area contributed by atoms with Gasteiger partial charge in [0, 0.05) is 24.9 Å². The number of unbranched alkanes of at least 4 members (excludes halogenated alkanes) is 3. The van der Waals surface area contributed by atoms with E-state index >= 15 is 0 Å². The zero-order chi connectivity index (χ0) is 18.5. The monoisotopic (exact) mass is 349 g/mol. The normalized spacial score (nSPS) is 28.9. The maximum absolute atomic E-state index is 12.6. The molecule has 0 aliphatic carbocycles. The van der Waals surface area contributed by atoms with Crippen molar-refractivity contribution < 1.29 is 14.6 Å². The van der Waals surface area contributed by atoms with Crippen LogP contribution >= 0.6 is 0 Å². The van der Waals surface area contributed by atoms with Crippen LogP contribution in [0.15, 0.2) is 0 Å². The molecule has 0 spiro atoms. The Morgan fingerprint density at radius 2 is 1.84 bits per heavy atom. The first kappa shape index (κ1) is 20.1. The van der Waals surface area contributed by atoms with Gasteiger partial charge in [-0.05, 0) is 59.3 Å². The molecular formula is C21H35NO3. The molecule has 1 N–H and O–H groups in total. The van der Waals surface area contributed by atoms with Crippen molar-refractivity contribution in [3.05, 3.63) is 0 Å². The van der Waals surface area contributed by atoms with Gasteiger partial charge < -0.3 is 14.7 Å². The van der Waals surface area contributed by atoms with Gasteiger partial charge in [0.1, 0.15) is 5.60 Å². The third-order valence-corrected chi connectivity index (χ3v) is 5.14. The van der Waals surface area contributed by atoms with Crippen LogP contribution in [0.1, 0.15) is 91.9 Å². The molecule has 4 heteroatoms. The van der Waals surface area contributed by atoms with Crippen molar-refractivity contribution in [3.63, 3.8) is 0 Å². The summed E-state index contributed by atoms with van der Waals surface area (Å²) in [5.74, 6) is 6.40. The predicted molar refractivity (Wildman–Crippen MR) is 100 cm³/mol. The molecule has 4 nitrogen and oxygen atoms in total. The molecular weight excluding hydrogens is 314 g/mol. The van der Waals surface area contributed by atoms with Crippen LogP contribution in [0.5, 0.6) is 0 Å². The van der Waals surface area contributed by atoms with Crippen LogP contribution in [0.25, 0.3) is 0 Å². The number of fused-ring (bicyclic) bond motifs is 2. The van der Waals surface area contributed by atoms with Gasteiger partial charge in [0.05, 0.1) is 5.60 Å². The summed E-state index contributed by atoms with van der Waals surface area (Å²) in [5, 5.41) is 11.0. The topological polar surface area (TPSA) is 49.8 Å². The lowest BCUT2D eigenvalue weighted by Crippen LogP contribution is -2.60. The van der Waals surface area contributed by atoms with Crippen LogP contribution in [0.3, 0.4) is 0 Å². The first-order valence-electron chi connectivity index (χ1n) is 9.93. The van der Waals surface area contributed by atoms with Gasteiger partial charge >= 0.3 is 6.09 Å². The molecule has 2 heterocycles. The highest BCUT2D eigenvalue weighted by molar-refractivity contribution is 5.69. The Labute approximate surface area is 153 Å². The summed E-state index contributed by atoms with van der Waals surface area (Å²) in [6, 6.07) is 0.156. The zero-order valence-electron chi connectivity index (χ0n) is 16.4. The number of aliphatic hydroxyl groups is 1. The lowest BCUT2D eigenvalue weighted by Gasteiger charge is -2.51. The maximum atomic E-state index is 12.6. The fourth-order valence-corrected chi connectivity index (χ4v) is 4.06. The minimum absolute atomic E-state index is 0.0780. The molecule has 2 saturated heterocycles. The standard InChI is InChI=1S/C21H35NO3/c1-5-6-7-8-9-10-14-21(24)15-17-12-11-13-18(16-21)22(17)19(23)25-20(2,3)4/h17-18,24H,5-8,11-16H2,1-4H3. The Bertz CT molecular complexity index is 497. The molecule has 2 fully saturated rings. The summed E-state index contributed by atoms with van der Waals surface area (Å²) in [6.45, 7) is 7.88. The van der Waals surface area contributed by atoms with E-state index in [4.69, 9.17) is 4.74 Å². The minimum atomic E-state index is -0.758. The summed E-state index contributed by atoms with van der Waals surface area (Å²) in [6.07, 6.45) is 9.02. The molecule has 0 aromatic carbocycles. The number of rotatable bonds is 4. The average molecular weight is 350 g/mol. The van der Waals surface area contributed by atoms with Gasteiger partial charge in [-0.1, -0.05) is 19.8 Å². The fraction of sp³-hybridized carbons (Fsp3) is 0.857. The summed E-state index contributed by atoms with van der Waals surface area (Å²) >= 11 is 0. The number of amides is 1. The van der Waals surface area contributed by atoms with Gasteiger partial charge in [0.2, 0.25) is 0 Å². The van der Waals surface area contributed by atoms with Crippen LogP contribution < -0.4 is 0 Å². The van der Waals surface area contributed by atoms with Gasteiger partial charge in [-0.15, -0.1) is 11.8 Å². The van der Waals surface area contributed by atoms with Crippen molar-refractivity contribution in [2.45, 2.75) is 115 Å². The number of carbonyl (C=O) groups is 1. The molecule has 1 amide bonds. The second-order valence-electron chi connectivity index (χ2n) is 8.75. The summed E-state index contributed by atoms with van der Waals surface area (Å²) in [4.78, 5) is 14.5. The number of carbonyl (C=O) groups excluding carboxylic acids is 1. The summed E-state index contributed by atoms with van der Waals surface area (Å²) in [5.41, 5.74) is -1.24. The van der Waals surface area contributed by atoms with E-state index < -0.39 is 11.2 Å². The quantitative estimate of drug-likeness (QED) is 0.594. The molecule has 0 radical (unpaired) electrons. The lowest BCUT2D eigenvalue weighted by molar-refractivity contribution is -0.0898. The van der Waals surface area contributed by atoms with E-state index in [0.29, 0.717) is 19.3 Å². The van der Waals surface area contributed by atoms with Crippen LogP contribution in [0, 0.1) is 11.8 Å². The number of hydrogen-bond acceptors (Lipinski definition) is 3. The Kier molecular flexibility index (Phi) is 6.79. The Hall–Kier alpha value is -1.21. The van der Waals surface area contributed by atoms with E-state index in [1.165, 1.54) is 12.8 Å². The highest BCUT2D eigenvalue weighted by Gasteiger charge is 2.48. The summed E-state index contributed by atoms with van der Waals surface area (Å²) in [7, 11) is 0. The second-order valence-corrected chi connectivity index (χ2v) is 8.75. The molecule has 2 atom stereocenters. The van der Waals surface area contributed by atoms with Crippen molar-refractivity contribution in [3.8, 4) is 11.8 Å². The SMILES string of the molecule is CCCCCC#CCC1(O)CC2CCCC(C1)N2C(=O)OC(C)(C)C. The first-order valence-corrected chi connectivity index (χ1v) is 9.93. The predicted octanol–water partition coefficient (Wildman–Crippen LogP) is 4.64. The van der Waals surface area contributed by atoms with Crippen molar-refractivity contribution in [2.75, 3.05) is 0 Å². The van der Waals surface area contributed by atoms with E-state index in [-0.39, 0.29) is 18.2 Å². The fourth-order valence-electron chi connectivity index (χ4n) is 4.06. The van der Waals surface area contributed by atoms with E-state index in [2.05, 4.69) is 18.8 Å². The first-order chi connectivity index (χ1) is 11.7. The van der Waals surface area contributed by atoms with Gasteiger partial charge in [-0.2, -0.15) is 0 Å². The van der Waals surface area contributed by atoms with Gasteiger partial charge in [-0.25, -0.2) is 4.79 Å². The third kappa shape index (κ3) is 5.92. The van der Waals surface area contributed by atoms with Gasteiger partial charge in [-0.3, -0.25) is 0 Å². The van der Waals surface area contributed by atoms with E-state index in [1.54, 1.807) is 0 Å². The van der Waals surface area contributed by atoms with Crippen LogP contribution in [-0.4, -0.2) is 39.4 Å². The molecule has 2 rings (SSSR count). The third-order valence-electron chi connectivity index (χ3n) is 5.14. The second kappa shape index (κ2) is 8.45. The number of hydrogen-bond donors (Lipinski definition) is 1. The molecule has 25 heavy (non-hydrogen) atoms. The lowest BCUT2D eigenvalue weighted by atomic mass is 9.74. The van der Waals surface area contributed by atoms with Crippen LogP contribution in [0.2, 0.25) is 0 Å². The van der Waals surface area contributed by atoms with Crippen LogP contribution in [-0.2, 0) is 4.74 Å². The average Bonchev–Trinajstić information content (AvgIpc) is 2.48. The molecule has 2 unspecified atom stereocenters. The van der Waals surface area contributed by atoms with Crippen molar-refractivity contribution in [2.24, 2.45) is 0 Å². The van der Waals surface area contributed by atoms with E-state index in [1.807, 2.05) is 25.7 Å². The molecule has 0 aromatic rings. The maximum Gasteiger partial charge on any atom is 0.410 e. The van der Waals surface area contributed by atoms with Crippen molar-refractivity contribution >= 4 is 6.09 Å². The van der Waals surface area contributed by atoms with E-state index in [9.17, 15) is 9.90 Å². The van der Waals surface area contributed by atoms with Gasteiger partial charge in [0.15, 0.2) is 0 Å². The molecule has 2 aliphatic heterocycles. The van der Waals surface area contributed by atoms with Gasteiger partial charge in [0.25, 0.3) is 0 Å². The van der Waals surface area contributed by atoms with Crippen molar-refractivity contribution in [1.82, 2.24) is 4.90 Å². The Morgan fingerprint density at radius 3 is 2.40 bits per heavy atom. The molecule has 2 aliphatic rings. The molecule has 142 valence electrons. The smallest absolute Gasteiger partial charge is 0.410 e. The van der Waals surface area contributed by atoms with Crippen molar-refractivity contribution in [1.29, 1.82) is 0 Å².